The first kappa shape index (κ1) is 23.5. The Morgan fingerprint density at radius 2 is 1.65 bits per heavy atom. The normalized spacial score (nSPS) is 11.6. The third-order valence-corrected chi connectivity index (χ3v) is 7.06. The van der Waals surface area contributed by atoms with E-state index in [0.717, 1.165) is 14.3 Å². The van der Waals surface area contributed by atoms with Gasteiger partial charge in [0.05, 0.1) is 5.69 Å². The Morgan fingerprint density at radius 3 is 2.41 bits per heavy atom. The van der Waals surface area contributed by atoms with E-state index in [2.05, 4.69) is 27.9 Å². The zero-order valence-electron chi connectivity index (χ0n) is 17.6. The summed E-state index contributed by atoms with van der Waals surface area (Å²) in [5.41, 5.74) is 0.905. The van der Waals surface area contributed by atoms with Crippen LogP contribution < -0.4 is 9.50 Å². The second-order valence-corrected chi connectivity index (χ2v) is 9.93. The molecule has 0 aliphatic heterocycles. The van der Waals surface area contributed by atoms with Crippen LogP contribution in [0.3, 0.4) is 0 Å². The smallest absolute Gasteiger partial charge is 0.339 e. The number of nitriles is 1. The van der Waals surface area contributed by atoms with Crippen molar-refractivity contribution in [2.45, 2.75) is 4.90 Å². The number of carbonyl (C=O) groups is 1. The van der Waals surface area contributed by atoms with Gasteiger partial charge in [-0.2, -0.15) is 13.7 Å². The highest BCUT2D eigenvalue weighted by molar-refractivity contribution is 14.1. The lowest BCUT2D eigenvalue weighted by molar-refractivity contribution is -0.112. The lowest BCUT2D eigenvalue weighted by Gasteiger charge is -2.09. The number of hydrogen-bond acceptors (Lipinski definition) is 5. The molecule has 34 heavy (non-hydrogen) atoms. The minimum atomic E-state index is -4.08. The summed E-state index contributed by atoms with van der Waals surface area (Å²) in [6, 6.07) is 27.5. The van der Waals surface area contributed by atoms with Crippen LogP contribution in [-0.2, 0) is 14.9 Å². The molecule has 8 heteroatoms. The number of anilines is 1. The Balaban J connectivity index is 1.56. The predicted octanol–water partition coefficient (Wildman–Crippen LogP) is 5.76. The molecule has 0 aliphatic rings. The molecule has 4 rings (SSSR count). The number of nitrogens with one attached hydrogen (secondary N) is 1. The quantitative estimate of drug-likeness (QED) is 0.136. The van der Waals surface area contributed by atoms with Gasteiger partial charge in [0.1, 0.15) is 22.3 Å². The second-order valence-electron chi connectivity index (χ2n) is 7.22. The van der Waals surface area contributed by atoms with Crippen LogP contribution in [0.15, 0.2) is 101 Å². The average molecular weight is 580 g/mol. The summed E-state index contributed by atoms with van der Waals surface area (Å²) >= 11 is 2.09. The summed E-state index contributed by atoms with van der Waals surface area (Å²) in [5, 5.41) is 13.9. The molecule has 0 radical (unpaired) electrons. The van der Waals surface area contributed by atoms with Gasteiger partial charge in [-0.05, 0) is 81.4 Å². The topological polar surface area (TPSA) is 96.3 Å². The monoisotopic (exact) mass is 580 g/mol. The first-order chi connectivity index (χ1) is 16.4. The van der Waals surface area contributed by atoms with Gasteiger partial charge in [0.2, 0.25) is 0 Å². The van der Waals surface area contributed by atoms with E-state index < -0.39 is 16.0 Å². The van der Waals surface area contributed by atoms with Gasteiger partial charge in [-0.15, -0.1) is 0 Å². The SMILES string of the molecule is N#C/C(=C/c1cccc(OS(=O)(=O)c2ccc3ccccc3c2)c1)C(=O)Nc1ccccc1I. The summed E-state index contributed by atoms with van der Waals surface area (Å²) in [6.45, 7) is 0. The average Bonchev–Trinajstić information content (AvgIpc) is 2.83. The second kappa shape index (κ2) is 10.1. The van der Waals surface area contributed by atoms with E-state index in [4.69, 9.17) is 4.18 Å². The molecule has 0 aliphatic carbocycles. The van der Waals surface area contributed by atoms with Crippen molar-refractivity contribution >= 4 is 61.2 Å². The van der Waals surface area contributed by atoms with E-state index in [1.165, 1.54) is 24.3 Å². The van der Waals surface area contributed by atoms with Gasteiger partial charge in [-0.25, -0.2) is 0 Å². The van der Waals surface area contributed by atoms with Crippen molar-refractivity contribution in [3.63, 3.8) is 0 Å². The van der Waals surface area contributed by atoms with E-state index in [0.29, 0.717) is 11.3 Å². The molecule has 6 nitrogen and oxygen atoms in total. The molecule has 0 spiro atoms. The first-order valence-electron chi connectivity index (χ1n) is 10.1. The van der Waals surface area contributed by atoms with Crippen molar-refractivity contribution in [2.24, 2.45) is 0 Å². The molecule has 0 unspecified atom stereocenters. The summed E-state index contributed by atoms with van der Waals surface area (Å²) in [4.78, 5) is 12.6. The van der Waals surface area contributed by atoms with Gasteiger partial charge in [0, 0.05) is 3.57 Å². The molecular weight excluding hydrogens is 563 g/mol. The maximum absolute atomic E-state index is 12.8. The summed E-state index contributed by atoms with van der Waals surface area (Å²) in [7, 11) is -4.08. The van der Waals surface area contributed by atoms with Crippen molar-refractivity contribution in [1.29, 1.82) is 5.26 Å². The van der Waals surface area contributed by atoms with E-state index >= 15 is 0 Å². The number of rotatable bonds is 6. The highest BCUT2D eigenvalue weighted by Gasteiger charge is 2.18. The standard InChI is InChI=1S/C26H17IN2O4S/c27-24-10-3-4-11-25(24)29-26(30)21(17-28)14-18-6-5-9-22(15-18)33-34(31,32)23-13-12-19-7-1-2-8-20(19)16-23/h1-16H,(H,29,30)/b21-14-. The lowest BCUT2D eigenvalue weighted by Crippen LogP contribution is -2.14. The van der Waals surface area contributed by atoms with E-state index in [9.17, 15) is 18.5 Å². The molecule has 0 saturated heterocycles. The molecular formula is C26H17IN2O4S. The van der Waals surface area contributed by atoms with Crippen LogP contribution in [0, 0.1) is 14.9 Å². The Labute approximate surface area is 210 Å². The number of amides is 1. The number of benzene rings is 4. The zero-order valence-corrected chi connectivity index (χ0v) is 20.6. The molecule has 0 saturated carbocycles. The van der Waals surface area contributed by atoms with Gasteiger partial charge >= 0.3 is 10.1 Å². The van der Waals surface area contributed by atoms with E-state index in [1.807, 2.05) is 42.5 Å². The van der Waals surface area contributed by atoms with E-state index in [-0.39, 0.29) is 16.2 Å². The predicted molar refractivity (Wildman–Crippen MR) is 140 cm³/mol. The van der Waals surface area contributed by atoms with Gasteiger partial charge in [0.25, 0.3) is 5.91 Å². The Bertz CT molecular complexity index is 1570. The zero-order chi connectivity index (χ0) is 24.1. The Morgan fingerprint density at radius 1 is 0.912 bits per heavy atom. The van der Waals surface area contributed by atoms with Crippen LogP contribution in [0.5, 0.6) is 5.75 Å². The summed E-state index contributed by atoms with van der Waals surface area (Å²) in [6.07, 6.45) is 1.38. The van der Waals surface area contributed by atoms with Crippen LogP contribution in [0.2, 0.25) is 0 Å². The number of para-hydroxylation sites is 1. The summed E-state index contributed by atoms with van der Waals surface area (Å²) < 4.78 is 31.8. The third-order valence-electron chi connectivity index (χ3n) is 4.87. The van der Waals surface area contributed by atoms with Crippen LogP contribution in [-0.4, -0.2) is 14.3 Å². The molecule has 0 atom stereocenters. The number of fused-ring (bicyclic) bond motifs is 1. The third kappa shape index (κ3) is 5.44. The van der Waals surface area contributed by atoms with Gasteiger partial charge in [-0.3, -0.25) is 4.79 Å². The molecule has 0 fully saturated rings. The van der Waals surface area contributed by atoms with Gasteiger partial charge in [-0.1, -0.05) is 54.6 Å². The molecule has 0 bridgehead atoms. The molecule has 4 aromatic carbocycles. The Hall–Kier alpha value is -3.68. The highest BCUT2D eigenvalue weighted by atomic mass is 127. The van der Waals surface area contributed by atoms with Crippen molar-refractivity contribution in [2.75, 3.05) is 5.32 Å². The van der Waals surface area contributed by atoms with Crippen molar-refractivity contribution in [3.8, 4) is 11.8 Å². The highest BCUT2D eigenvalue weighted by Crippen LogP contribution is 2.24. The van der Waals surface area contributed by atoms with Crippen molar-refractivity contribution in [1.82, 2.24) is 0 Å². The van der Waals surface area contributed by atoms with Crippen LogP contribution in [0.1, 0.15) is 5.56 Å². The maximum atomic E-state index is 12.8. The number of halogens is 1. The fourth-order valence-corrected chi connectivity index (χ4v) is 4.70. The molecule has 0 heterocycles. The molecule has 0 aromatic heterocycles. The fraction of sp³-hybridized carbons (Fsp3) is 0. The van der Waals surface area contributed by atoms with Crippen LogP contribution in [0.25, 0.3) is 16.8 Å². The van der Waals surface area contributed by atoms with Crippen molar-refractivity contribution in [3.05, 3.63) is 106 Å². The largest absolute Gasteiger partial charge is 0.379 e. The minimum Gasteiger partial charge on any atom is -0.379 e. The van der Waals surface area contributed by atoms with E-state index in [1.54, 1.807) is 36.4 Å². The summed E-state index contributed by atoms with van der Waals surface area (Å²) in [5.74, 6) is -0.501. The number of carbonyl (C=O) groups excluding carboxylic acids is 1. The maximum Gasteiger partial charge on any atom is 0.339 e. The molecule has 4 aromatic rings. The molecule has 1 amide bonds. The number of nitrogens with zero attached hydrogens (tertiary/aromatic N) is 1. The van der Waals surface area contributed by atoms with Crippen LogP contribution in [0.4, 0.5) is 5.69 Å². The van der Waals surface area contributed by atoms with Crippen molar-refractivity contribution < 1.29 is 17.4 Å². The lowest BCUT2D eigenvalue weighted by atomic mass is 10.1. The molecule has 168 valence electrons. The first-order valence-corrected chi connectivity index (χ1v) is 12.6. The van der Waals surface area contributed by atoms with Gasteiger partial charge in [0.15, 0.2) is 0 Å². The van der Waals surface area contributed by atoms with Gasteiger partial charge < -0.3 is 9.50 Å². The Kier molecular flexibility index (Phi) is 6.95. The molecule has 1 N–H and O–H groups in total. The van der Waals surface area contributed by atoms with Crippen LogP contribution >= 0.6 is 22.6 Å². The number of hydrogen-bond donors (Lipinski definition) is 1. The minimum absolute atomic E-state index is 0.0294. The fourth-order valence-electron chi connectivity index (χ4n) is 3.22.